The molecule has 3 rings (SSSR count). The molecule has 1 atom stereocenters. The van der Waals surface area contributed by atoms with E-state index in [1.165, 1.54) is 34.3 Å². The van der Waals surface area contributed by atoms with Gasteiger partial charge in [-0.25, -0.2) is 4.98 Å². The van der Waals surface area contributed by atoms with Crippen LogP contribution >= 0.6 is 23.1 Å². The van der Waals surface area contributed by atoms with Crippen LogP contribution in [0.15, 0.2) is 0 Å². The summed E-state index contributed by atoms with van der Waals surface area (Å²) in [5.41, 5.74) is 1.22. The highest BCUT2D eigenvalue weighted by Gasteiger charge is 2.23. The number of anilines is 1. The third kappa shape index (κ3) is 3.00. The number of thioether (sulfide) groups is 1. The molecule has 1 saturated heterocycles. The fourth-order valence-corrected chi connectivity index (χ4v) is 4.29. The second-order valence-electron chi connectivity index (χ2n) is 5.29. The van der Waals surface area contributed by atoms with E-state index in [9.17, 15) is 0 Å². The van der Waals surface area contributed by atoms with Gasteiger partial charge in [-0.2, -0.15) is 11.8 Å². The number of nitrogens with zero attached hydrogens (tertiary/aromatic N) is 2. The first kappa shape index (κ1) is 12.8. The van der Waals surface area contributed by atoms with E-state index in [-0.39, 0.29) is 0 Å². The van der Waals surface area contributed by atoms with E-state index in [0.717, 1.165) is 30.9 Å². The van der Waals surface area contributed by atoms with Gasteiger partial charge in [-0.1, -0.05) is 6.92 Å². The molecule has 1 aromatic rings. The predicted octanol–water partition coefficient (Wildman–Crippen LogP) is 2.65. The number of aryl methyl sites for hydroxylation is 1. The van der Waals surface area contributed by atoms with Gasteiger partial charge in [0.2, 0.25) is 0 Å². The number of rotatable bonds is 4. The molecule has 1 saturated carbocycles. The van der Waals surface area contributed by atoms with Crippen LogP contribution in [0.25, 0.3) is 0 Å². The molecular weight excluding hydrogens is 262 g/mol. The molecule has 1 N–H and O–H groups in total. The minimum atomic E-state index is 0.732. The van der Waals surface area contributed by atoms with Gasteiger partial charge in [0.1, 0.15) is 0 Å². The highest BCUT2D eigenvalue weighted by atomic mass is 32.2. The Labute approximate surface area is 117 Å². The van der Waals surface area contributed by atoms with Crippen LogP contribution in [0.1, 0.15) is 30.3 Å². The normalized spacial score (nSPS) is 24.6. The monoisotopic (exact) mass is 283 g/mol. The minimum absolute atomic E-state index is 0.732. The standard InChI is InChI=1S/C13H21N3S2/c1-9-8-16(5-6-17-9)13-15-10(2)12(18-13)7-14-11-3-4-11/h9,11,14H,3-8H2,1-2H3. The van der Waals surface area contributed by atoms with Crippen molar-refractivity contribution in [1.82, 2.24) is 10.3 Å². The Balaban J connectivity index is 1.66. The van der Waals surface area contributed by atoms with Crippen molar-refractivity contribution >= 4 is 28.2 Å². The summed E-state index contributed by atoms with van der Waals surface area (Å²) < 4.78 is 0. The molecule has 1 aliphatic carbocycles. The molecule has 3 nitrogen and oxygen atoms in total. The topological polar surface area (TPSA) is 28.2 Å². The maximum absolute atomic E-state index is 4.76. The second-order valence-corrected chi connectivity index (χ2v) is 7.90. The fourth-order valence-electron chi connectivity index (χ4n) is 2.23. The van der Waals surface area contributed by atoms with Gasteiger partial charge in [0.05, 0.1) is 5.69 Å². The third-order valence-corrected chi connectivity index (χ3v) is 5.88. The summed E-state index contributed by atoms with van der Waals surface area (Å²) in [5, 5.41) is 5.55. The van der Waals surface area contributed by atoms with Gasteiger partial charge in [0, 0.05) is 41.6 Å². The average Bonchev–Trinajstić information content (AvgIpc) is 3.10. The Bertz CT molecular complexity index is 414. The zero-order valence-corrected chi connectivity index (χ0v) is 12.7. The fraction of sp³-hybridized carbons (Fsp3) is 0.769. The largest absolute Gasteiger partial charge is 0.346 e. The number of hydrogen-bond donors (Lipinski definition) is 1. The van der Waals surface area contributed by atoms with E-state index < -0.39 is 0 Å². The molecule has 100 valence electrons. The van der Waals surface area contributed by atoms with Crippen LogP contribution < -0.4 is 10.2 Å². The third-order valence-electron chi connectivity index (χ3n) is 3.52. The molecule has 0 aromatic carbocycles. The Morgan fingerprint density at radius 3 is 3.00 bits per heavy atom. The van der Waals surface area contributed by atoms with E-state index >= 15 is 0 Å². The molecule has 0 amide bonds. The van der Waals surface area contributed by atoms with Crippen molar-refractivity contribution in [3.8, 4) is 0 Å². The van der Waals surface area contributed by atoms with Crippen molar-refractivity contribution < 1.29 is 0 Å². The van der Waals surface area contributed by atoms with Crippen molar-refractivity contribution in [2.24, 2.45) is 0 Å². The lowest BCUT2D eigenvalue weighted by atomic mass is 10.4. The van der Waals surface area contributed by atoms with Gasteiger partial charge >= 0.3 is 0 Å². The zero-order valence-electron chi connectivity index (χ0n) is 11.1. The molecule has 2 heterocycles. The van der Waals surface area contributed by atoms with E-state index in [4.69, 9.17) is 4.98 Å². The van der Waals surface area contributed by atoms with Crippen LogP contribution in [0.2, 0.25) is 0 Å². The summed E-state index contributed by atoms with van der Waals surface area (Å²) >= 11 is 3.95. The number of thiazole rings is 1. The summed E-state index contributed by atoms with van der Waals surface area (Å²) in [6.07, 6.45) is 2.71. The van der Waals surface area contributed by atoms with E-state index in [1.54, 1.807) is 0 Å². The van der Waals surface area contributed by atoms with Gasteiger partial charge in [-0.15, -0.1) is 11.3 Å². The van der Waals surface area contributed by atoms with Gasteiger partial charge in [0.15, 0.2) is 5.13 Å². The molecule has 5 heteroatoms. The summed E-state index contributed by atoms with van der Waals surface area (Å²) in [4.78, 5) is 8.64. The molecular formula is C13H21N3S2. The Morgan fingerprint density at radius 1 is 1.44 bits per heavy atom. The lowest BCUT2D eigenvalue weighted by Gasteiger charge is -2.30. The molecule has 1 unspecified atom stereocenters. The van der Waals surface area contributed by atoms with Crippen LogP contribution in [0.3, 0.4) is 0 Å². The van der Waals surface area contributed by atoms with Crippen molar-refractivity contribution in [2.75, 3.05) is 23.7 Å². The molecule has 2 fully saturated rings. The second kappa shape index (κ2) is 5.39. The van der Waals surface area contributed by atoms with Gasteiger partial charge in [0.25, 0.3) is 0 Å². The van der Waals surface area contributed by atoms with Crippen LogP contribution in [-0.2, 0) is 6.54 Å². The van der Waals surface area contributed by atoms with Gasteiger partial charge < -0.3 is 10.2 Å². The molecule has 1 aliphatic heterocycles. The smallest absolute Gasteiger partial charge is 0.185 e. The van der Waals surface area contributed by atoms with E-state index in [2.05, 4.69) is 35.8 Å². The zero-order chi connectivity index (χ0) is 12.5. The quantitative estimate of drug-likeness (QED) is 0.919. The van der Waals surface area contributed by atoms with E-state index in [1.807, 2.05) is 11.3 Å². The Hall–Kier alpha value is -0.260. The van der Waals surface area contributed by atoms with Gasteiger partial charge in [-0.3, -0.25) is 0 Å². The Morgan fingerprint density at radius 2 is 2.28 bits per heavy atom. The molecule has 2 aliphatic rings. The molecule has 18 heavy (non-hydrogen) atoms. The van der Waals surface area contributed by atoms with Crippen LogP contribution in [0.4, 0.5) is 5.13 Å². The average molecular weight is 283 g/mol. The van der Waals surface area contributed by atoms with Crippen molar-refractivity contribution in [2.45, 2.75) is 44.5 Å². The van der Waals surface area contributed by atoms with Crippen LogP contribution in [-0.4, -0.2) is 35.1 Å². The molecule has 0 bridgehead atoms. The Kier molecular flexibility index (Phi) is 3.82. The summed E-state index contributed by atoms with van der Waals surface area (Å²) in [7, 11) is 0. The maximum atomic E-state index is 4.76. The number of hydrogen-bond acceptors (Lipinski definition) is 5. The SMILES string of the molecule is Cc1nc(N2CCSC(C)C2)sc1CNC1CC1. The van der Waals surface area contributed by atoms with Crippen molar-refractivity contribution in [1.29, 1.82) is 0 Å². The lowest BCUT2D eigenvalue weighted by Crippen LogP contribution is -2.36. The van der Waals surface area contributed by atoms with Crippen molar-refractivity contribution in [3.05, 3.63) is 10.6 Å². The molecule has 0 radical (unpaired) electrons. The first-order valence-corrected chi connectivity index (χ1v) is 8.65. The number of aromatic nitrogens is 1. The highest BCUT2D eigenvalue weighted by Crippen LogP contribution is 2.30. The van der Waals surface area contributed by atoms with Crippen LogP contribution in [0.5, 0.6) is 0 Å². The van der Waals surface area contributed by atoms with Crippen molar-refractivity contribution in [3.63, 3.8) is 0 Å². The predicted molar refractivity (Wildman–Crippen MR) is 80.8 cm³/mol. The maximum Gasteiger partial charge on any atom is 0.185 e. The molecule has 0 spiro atoms. The van der Waals surface area contributed by atoms with Crippen LogP contribution in [0, 0.1) is 6.92 Å². The first-order chi connectivity index (χ1) is 8.72. The summed E-state index contributed by atoms with van der Waals surface area (Å²) in [6.45, 7) is 7.76. The minimum Gasteiger partial charge on any atom is -0.346 e. The number of nitrogens with one attached hydrogen (secondary N) is 1. The first-order valence-electron chi connectivity index (χ1n) is 6.78. The lowest BCUT2D eigenvalue weighted by molar-refractivity contribution is 0.691. The van der Waals surface area contributed by atoms with E-state index in [0.29, 0.717) is 0 Å². The summed E-state index contributed by atoms with van der Waals surface area (Å²) in [6, 6.07) is 0.779. The van der Waals surface area contributed by atoms with Gasteiger partial charge in [-0.05, 0) is 19.8 Å². The highest BCUT2D eigenvalue weighted by molar-refractivity contribution is 8.00. The molecule has 1 aromatic heterocycles. The summed E-state index contributed by atoms with van der Waals surface area (Å²) in [5.74, 6) is 1.23.